The Balaban J connectivity index is 6.08. The Morgan fingerprint density at radius 2 is 1.24 bits per heavy atom. The van der Waals surface area contributed by atoms with Gasteiger partial charge in [-0.05, 0) is 6.42 Å². The molecule has 0 aromatic heterocycles. The van der Waals surface area contributed by atoms with Crippen molar-refractivity contribution in [2.24, 2.45) is 0 Å². The molecule has 1 N–H and O–H groups in total. The van der Waals surface area contributed by atoms with E-state index in [2.05, 4.69) is 0 Å². The van der Waals surface area contributed by atoms with E-state index in [0.29, 0.717) is 0 Å². The lowest BCUT2D eigenvalue weighted by atomic mass is 10.1. The molecule has 17 heteroatoms. The summed E-state index contributed by atoms with van der Waals surface area (Å²) >= 11 is 0. The van der Waals surface area contributed by atoms with E-state index in [1.165, 1.54) is 0 Å². The number of alkyl halides is 10. The number of sulfonamides is 2. The van der Waals surface area contributed by atoms with Crippen molar-refractivity contribution in [2.75, 3.05) is 0 Å². The van der Waals surface area contributed by atoms with Crippen molar-refractivity contribution in [1.82, 2.24) is 4.13 Å². The second-order valence-corrected chi connectivity index (χ2v) is 8.28. The molecule has 5 nitrogen and oxygen atoms in total. The Kier molecular flexibility index (Phi) is 6.49. The first-order chi connectivity index (χ1) is 10.7. The molecule has 0 spiro atoms. The second kappa shape index (κ2) is 6.71. The Bertz CT molecular complexity index is 684. The summed E-state index contributed by atoms with van der Waals surface area (Å²) < 4.78 is 170. The summed E-state index contributed by atoms with van der Waals surface area (Å²) in [5, 5.41) is -7.27. The van der Waals surface area contributed by atoms with Crippen LogP contribution in [0.3, 0.4) is 0 Å². The Morgan fingerprint density at radius 3 is 1.56 bits per heavy atom. The third-order valence-corrected chi connectivity index (χ3v) is 6.18. The van der Waals surface area contributed by atoms with Gasteiger partial charge in [0.2, 0.25) is 5.50 Å². The van der Waals surface area contributed by atoms with Crippen LogP contribution in [0.2, 0.25) is 0 Å². The van der Waals surface area contributed by atoms with Gasteiger partial charge in [0.15, 0.2) is 0 Å². The first-order valence-corrected chi connectivity index (χ1v) is 8.83. The molecule has 1 atom stereocenters. The van der Waals surface area contributed by atoms with E-state index in [0.717, 1.165) is 6.92 Å². The zero-order valence-corrected chi connectivity index (χ0v) is 13.4. The zero-order chi connectivity index (χ0) is 20.7. The largest absolute Gasteiger partial charge is 0.460 e. The molecule has 0 aliphatic rings. The number of halogens is 10. The van der Waals surface area contributed by atoms with Gasteiger partial charge in [0, 0.05) is 0 Å². The summed E-state index contributed by atoms with van der Waals surface area (Å²) in [6.07, 6.45) is -8.62. The van der Waals surface area contributed by atoms with E-state index in [4.69, 9.17) is 0 Å². The van der Waals surface area contributed by atoms with Crippen LogP contribution in [0, 0.1) is 0 Å². The van der Waals surface area contributed by atoms with Crippen LogP contribution in [0.1, 0.15) is 19.8 Å². The SMILES string of the molecule is CCCC(F)S(=O)(=O)NS(=O)(=O)C(F)(F)C(F)(F)C(F)(F)C(F)(F)F. The van der Waals surface area contributed by atoms with Crippen molar-refractivity contribution in [1.29, 1.82) is 0 Å². The third kappa shape index (κ3) is 4.12. The smallest absolute Gasteiger partial charge is 0.228 e. The number of rotatable bonds is 8. The van der Waals surface area contributed by atoms with Gasteiger partial charge >= 0.3 is 23.3 Å². The van der Waals surface area contributed by atoms with Gasteiger partial charge in [-0.15, -0.1) is 4.13 Å². The average molecular weight is 437 g/mol. The molecule has 0 aromatic rings. The highest BCUT2D eigenvalue weighted by atomic mass is 32.3. The van der Waals surface area contributed by atoms with Crippen molar-refractivity contribution in [3.05, 3.63) is 0 Å². The van der Waals surface area contributed by atoms with Crippen LogP contribution < -0.4 is 4.13 Å². The minimum atomic E-state index is -7.61. The Labute approximate surface area is 134 Å². The fourth-order valence-corrected chi connectivity index (χ4v) is 4.24. The van der Waals surface area contributed by atoms with Crippen molar-refractivity contribution >= 4 is 20.0 Å². The Hall–Kier alpha value is -0.840. The molecule has 0 fully saturated rings. The third-order valence-electron chi connectivity index (χ3n) is 2.53. The van der Waals surface area contributed by atoms with Gasteiger partial charge in [-0.25, -0.2) is 21.2 Å². The summed E-state index contributed by atoms with van der Waals surface area (Å²) in [5.41, 5.74) is -3.24. The van der Waals surface area contributed by atoms with Crippen LogP contribution >= 0.6 is 0 Å². The van der Waals surface area contributed by atoms with Gasteiger partial charge in [0.25, 0.3) is 20.0 Å². The van der Waals surface area contributed by atoms with Gasteiger partial charge in [-0.2, -0.15) is 39.5 Å². The van der Waals surface area contributed by atoms with Crippen LogP contribution in [0.15, 0.2) is 0 Å². The van der Waals surface area contributed by atoms with Gasteiger partial charge < -0.3 is 0 Å². The topological polar surface area (TPSA) is 80.3 Å². The molecule has 25 heavy (non-hydrogen) atoms. The molecular formula is C8H9F10NO4S2. The van der Waals surface area contributed by atoms with Crippen LogP contribution in [-0.2, 0) is 20.0 Å². The highest BCUT2D eigenvalue weighted by Gasteiger charge is 2.85. The van der Waals surface area contributed by atoms with Crippen LogP contribution in [0.4, 0.5) is 43.9 Å². The highest BCUT2D eigenvalue weighted by Crippen LogP contribution is 2.54. The number of hydrogen-bond donors (Lipinski definition) is 1. The maximum atomic E-state index is 13.2. The fourth-order valence-electron chi connectivity index (χ4n) is 1.17. The van der Waals surface area contributed by atoms with E-state index >= 15 is 0 Å². The molecule has 0 heterocycles. The van der Waals surface area contributed by atoms with Crippen molar-refractivity contribution < 1.29 is 60.7 Å². The predicted octanol–water partition coefficient (Wildman–Crippen LogP) is 2.76. The van der Waals surface area contributed by atoms with Crippen LogP contribution in [-0.4, -0.2) is 45.6 Å². The molecular weight excluding hydrogens is 428 g/mol. The van der Waals surface area contributed by atoms with Gasteiger partial charge in [0.05, 0.1) is 0 Å². The first kappa shape index (κ1) is 24.2. The minimum absolute atomic E-state index is 0.274. The molecule has 0 rings (SSSR count). The zero-order valence-electron chi connectivity index (χ0n) is 11.7. The normalized spacial score (nSPS) is 16.8. The number of hydrogen-bond acceptors (Lipinski definition) is 4. The summed E-state index contributed by atoms with van der Waals surface area (Å²) in [4.78, 5) is 0. The fraction of sp³-hybridized carbons (Fsp3) is 1.00. The summed E-state index contributed by atoms with van der Waals surface area (Å²) in [7, 11) is -13.4. The number of nitrogens with one attached hydrogen (secondary N) is 1. The van der Waals surface area contributed by atoms with Gasteiger partial charge in [-0.1, -0.05) is 13.3 Å². The van der Waals surface area contributed by atoms with Crippen molar-refractivity contribution in [3.8, 4) is 0 Å². The second-order valence-electron chi connectivity index (χ2n) is 4.49. The molecule has 0 radical (unpaired) electrons. The molecule has 0 aromatic carbocycles. The molecule has 0 saturated heterocycles. The highest BCUT2D eigenvalue weighted by molar-refractivity contribution is 8.05. The van der Waals surface area contributed by atoms with E-state index in [1.807, 2.05) is 0 Å². The lowest BCUT2D eigenvalue weighted by Crippen LogP contribution is -2.65. The molecule has 0 saturated carbocycles. The summed E-state index contributed by atoms with van der Waals surface area (Å²) in [5.74, 6) is -15.2. The standard InChI is InChI=1S/C8H9F10NO4S2/c1-2-3-4(9)24(20,21)19-25(22,23)8(17,18)6(12,13)5(10,11)7(14,15)16/h4,19H,2-3H2,1H3. The average Bonchev–Trinajstić information content (AvgIpc) is 2.35. The molecule has 1 unspecified atom stereocenters. The maximum absolute atomic E-state index is 13.2. The lowest BCUT2D eigenvalue weighted by molar-refractivity contribution is -0.382. The van der Waals surface area contributed by atoms with Gasteiger partial charge in [0.1, 0.15) is 0 Å². The molecule has 0 aliphatic heterocycles. The van der Waals surface area contributed by atoms with E-state index < -0.39 is 55.2 Å². The maximum Gasteiger partial charge on any atom is 0.460 e. The van der Waals surface area contributed by atoms with Crippen LogP contribution in [0.25, 0.3) is 0 Å². The minimum Gasteiger partial charge on any atom is -0.228 e. The van der Waals surface area contributed by atoms with Gasteiger partial charge in [-0.3, -0.25) is 0 Å². The molecule has 0 amide bonds. The lowest BCUT2D eigenvalue weighted by Gasteiger charge is -2.32. The van der Waals surface area contributed by atoms with Crippen LogP contribution in [0.5, 0.6) is 0 Å². The van der Waals surface area contributed by atoms with E-state index in [1.54, 1.807) is 0 Å². The molecule has 0 bridgehead atoms. The summed E-state index contributed by atoms with van der Waals surface area (Å²) in [6.45, 7) is 1.14. The van der Waals surface area contributed by atoms with Crippen molar-refractivity contribution in [2.45, 2.75) is 48.5 Å². The van der Waals surface area contributed by atoms with E-state index in [9.17, 15) is 60.7 Å². The Morgan fingerprint density at radius 1 is 0.840 bits per heavy atom. The first-order valence-electron chi connectivity index (χ1n) is 5.80. The predicted molar refractivity (Wildman–Crippen MR) is 61.7 cm³/mol. The van der Waals surface area contributed by atoms with Crippen molar-refractivity contribution in [3.63, 3.8) is 0 Å². The summed E-state index contributed by atoms with van der Waals surface area (Å²) in [6, 6.07) is 0. The molecule has 152 valence electrons. The quantitative estimate of drug-likeness (QED) is 0.593. The van der Waals surface area contributed by atoms with E-state index in [-0.39, 0.29) is 10.5 Å². The monoisotopic (exact) mass is 437 g/mol. The molecule has 0 aliphatic carbocycles.